The van der Waals surface area contributed by atoms with Crippen molar-refractivity contribution in [2.45, 2.75) is 11.2 Å². The van der Waals surface area contributed by atoms with Gasteiger partial charge in [-0.1, -0.05) is 11.8 Å². The van der Waals surface area contributed by atoms with Gasteiger partial charge in [0.1, 0.15) is 16.9 Å². The second-order valence-corrected chi connectivity index (χ2v) is 7.66. The summed E-state index contributed by atoms with van der Waals surface area (Å²) in [5, 5.41) is 3.96. The summed E-state index contributed by atoms with van der Waals surface area (Å²) in [5.74, 6) is 0.755. The van der Waals surface area contributed by atoms with Crippen molar-refractivity contribution < 1.29 is 27.4 Å². The number of aromatic amines is 1. The molecule has 4 rings (SSSR count). The highest BCUT2D eigenvalue weighted by atomic mass is 32.2. The third-order valence-electron chi connectivity index (χ3n) is 4.69. The molecular formula is C21H17F3N4O3S. The van der Waals surface area contributed by atoms with E-state index in [9.17, 15) is 18.0 Å². The number of fused-ring (bicyclic) bond motifs is 3. The van der Waals surface area contributed by atoms with Gasteiger partial charge >= 0.3 is 6.18 Å². The number of rotatable bonds is 6. The van der Waals surface area contributed by atoms with Gasteiger partial charge in [0.15, 0.2) is 11.5 Å². The number of hydrogen-bond acceptors (Lipinski definition) is 6. The molecule has 2 heterocycles. The monoisotopic (exact) mass is 462 g/mol. The van der Waals surface area contributed by atoms with Crippen LogP contribution in [0.3, 0.4) is 0 Å². The maximum atomic E-state index is 12.7. The lowest BCUT2D eigenvalue weighted by molar-refractivity contribution is -0.137. The molecule has 166 valence electrons. The Kier molecular flexibility index (Phi) is 5.83. The van der Waals surface area contributed by atoms with Crippen molar-refractivity contribution in [1.29, 1.82) is 0 Å². The van der Waals surface area contributed by atoms with E-state index in [0.717, 1.165) is 23.0 Å². The van der Waals surface area contributed by atoms with E-state index in [4.69, 9.17) is 9.47 Å². The normalized spacial score (nSPS) is 11.7. The van der Waals surface area contributed by atoms with Gasteiger partial charge in [-0.15, -0.1) is 0 Å². The molecule has 0 aliphatic heterocycles. The number of H-pyrrole nitrogens is 1. The minimum absolute atomic E-state index is 0.00907. The number of aromatic nitrogens is 3. The number of anilines is 1. The van der Waals surface area contributed by atoms with Gasteiger partial charge in [-0.3, -0.25) is 4.79 Å². The van der Waals surface area contributed by atoms with Gasteiger partial charge in [-0.05, 0) is 30.3 Å². The largest absolute Gasteiger partial charge is 0.493 e. The number of methoxy groups -OCH3 is 2. The van der Waals surface area contributed by atoms with Crippen molar-refractivity contribution in [3.8, 4) is 11.5 Å². The SMILES string of the molecule is COc1cc2[nH]c3c(SCC(=O)Nc4ccc(C(F)(F)F)cc4)ncnc3c2cc1OC. The molecule has 0 unspecified atom stereocenters. The topological polar surface area (TPSA) is 89.1 Å². The molecule has 0 saturated carbocycles. The summed E-state index contributed by atoms with van der Waals surface area (Å²) in [4.78, 5) is 24.1. The van der Waals surface area contributed by atoms with Gasteiger partial charge in [-0.2, -0.15) is 13.2 Å². The Morgan fingerprint density at radius 3 is 2.44 bits per heavy atom. The molecule has 2 aromatic carbocycles. The molecule has 7 nitrogen and oxygen atoms in total. The Bertz CT molecular complexity index is 1290. The van der Waals surface area contributed by atoms with Gasteiger partial charge in [-0.25, -0.2) is 9.97 Å². The first kappa shape index (κ1) is 21.8. The van der Waals surface area contributed by atoms with Crippen molar-refractivity contribution in [2.75, 3.05) is 25.3 Å². The van der Waals surface area contributed by atoms with Crippen molar-refractivity contribution in [3.05, 3.63) is 48.3 Å². The van der Waals surface area contributed by atoms with Crippen LogP contribution in [0.2, 0.25) is 0 Å². The van der Waals surface area contributed by atoms with Crippen LogP contribution in [-0.2, 0) is 11.0 Å². The number of halogens is 3. The number of nitrogens with zero attached hydrogens (tertiary/aromatic N) is 2. The summed E-state index contributed by atoms with van der Waals surface area (Å²) in [6, 6.07) is 7.88. The van der Waals surface area contributed by atoms with Gasteiger partial charge in [0, 0.05) is 17.1 Å². The molecule has 0 radical (unpaired) electrons. The summed E-state index contributed by atoms with van der Waals surface area (Å²) in [5.41, 5.74) is 1.60. The third kappa shape index (κ3) is 4.28. The molecule has 0 saturated heterocycles. The quantitative estimate of drug-likeness (QED) is 0.314. The zero-order valence-corrected chi connectivity index (χ0v) is 17.7. The Morgan fingerprint density at radius 2 is 1.78 bits per heavy atom. The van der Waals surface area contributed by atoms with Crippen LogP contribution in [0.1, 0.15) is 5.56 Å². The lowest BCUT2D eigenvalue weighted by Crippen LogP contribution is -2.14. The fraction of sp³-hybridized carbons (Fsp3) is 0.190. The summed E-state index contributed by atoms with van der Waals surface area (Å²) < 4.78 is 48.7. The van der Waals surface area contributed by atoms with Crippen LogP contribution in [0, 0.1) is 0 Å². The van der Waals surface area contributed by atoms with Gasteiger partial charge in [0.25, 0.3) is 0 Å². The number of benzene rings is 2. The highest BCUT2D eigenvalue weighted by Crippen LogP contribution is 2.37. The third-order valence-corrected chi connectivity index (χ3v) is 5.68. The van der Waals surface area contributed by atoms with Crippen LogP contribution in [-0.4, -0.2) is 40.8 Å². The Balaban J connectivity index is 1.52. The molecule has 0 spiro atoms. The Hall–Kier alpha value is -3.47. The Labute approximate surface area is 184 Å². The molecule has 2 aromatic heterocycles. The van der Waals surface area contributed by atoms with Gasteiger partial charge < -0.3 is 19.8 Å². The Morgan fingerprint density at radius 1 is 1.09 bits per heavy atom. The van der Waals surface area contributed by atoms with Crippen LogP contribution in [0.25, 0.3) is 21.9 Å². The van der Waals surface area contributed by atoms with Crippen LogP contribution in [0.5, 0.6) is 11.5 Å². The van der Waals surface area contributed by atoms with Crippen molar-refractivity contribution in [3.63, 3.8) is 0 Å². The van der Waals surface area contributed by atoms with E-state index in [1.54, 1.807) is 20.3 Å². The lowest BCUT2D eigenvalue weighted by atomic mass is 10.2. The average molecular weight is 462 g/mol. The standard InChI is InChI=1S/C21H17F3N4O3S/c1-30-15-7-13-14(8-16(15)31-2)28-19-18(13)25-10-26-20(19)32-9-17(29)27-12-5-3-11(4-6-12)21(22,23)24/h3-8,10,28H,9H2,1-2H3,(H,27,29). The van der Waals surface area contributed by atoms with E-state index in [1.807, 2.05) is 6.07 Å². The fourth-order valence-electron chi connectivity index (χ4n) is 3.18. The smallest absolute Gasteiger partial charge is 0.416 e. The fourth-order valence-corrected chi connectivity index (χ4v) is 3.94. The van der Waals surface area contributed by atoms with E-state index in [0.29, 0.717) is 27.6 Å². The highest BCUT2D eigenvalue weighted by molar-refractivity contribution is 8.00. The molecule has 11 heteroatoms. The number of ether oxygens (including phenoxy) is 2. The lowest BCUT2D eigenvalue weighted by Gasteiger charge is -2.08. The molecule has 2 N–H and O–H groups in total. The highest BCUT2D eigenvalue weighted by Gasteiger charge is 2.30. The zero-order valence-electron chi connectivity index (χ0n) is 16.9. The molecule has 4 aromatic rings. The predicted octanol–water partition coefficient (Wildman–Crippen LogP) is 4.88. The number of nitrogens with one attached hydrogen (secondary N) is 2. The number of thioether (sulfide) groups is 1. The minimum Gasteiger partial charge on any atom is -0.493 e. The predicted molar refractivity (Wildman–Crippen MR) is 115 cm³/mol. The van der Waals surface area contributed by atoms with Crippen LogP contribution < -0.4 is 14.8 Å². The first-order chi connectivity index (χ1) is 15.3. The van der Waals surface area contributed by atoms with E-state index >= 15 is 0 Å². The van der Waals surface area contributed by atoms with Crippen molar-refractivity contribution in [2.24, 2.45) is 0 Å². The van der Waals surface area contributed by atoms with Crippen LogP contribution >= 0.6 is 11.8 Å². The maximum absolute atomic E-state index is 12.7. The molecule has 1 amide bonds. The van der Waals surface area contributed by atoms with Crippen molar-refractivity contribution in [1.82, 2.24) is 15.0 Å². The molecule has 32 heavy (non-hydrogen) atoms. The van der Waals surface area contributed by atoms with Gasteiger partial charge in [0.2, 0.25) is 5.91 Å². The molecular weight excluding hydrogens is 445 g/mol. The number of alkyl halides is 3. The molecule has 0 bridgehead atoms. The van der Waals surface area contributed by atoms with Crippen LogP contribution in [0.4, 0.5) is 18.9 Å². The van der Waals surface area contributed by atoms with Crippen LogP contribution in [0.15, 0.2) is 47.8 Å². The molecule has 0 fully saturated rings. The average Bonchev–Trinajstić information content (AvgIpc) is 3.14. The number of hydrogen-bond donors (Lipinski definition) is 2. The van der Waals surface area contributed by atoms with Crippen molar-refractivity contribution >= 4 is 45.3 Å². The summed E-state index contributed by atoms with van der Waals surface area (Å²) >= 11 is 1.18. The first-order valence-electron chi connectivity index (χ1n) is 9.28. The van der Waals surface area contributed by atoms with E-state index in [2.05, 4.69) is 20.3 Å². The first-order valence-corrected chi connectivity index (χ1v) is 10.3. The van der Waals surface area contributed by atoms with E-state index < -0.39 is 11.7 Å². The molecule has 0 atom stereocenters. The molecule has 0 aliphatic carbocycles. The molecule has 0 aliphatic rings. The summed E-state index contributed by atoms with van der Waals surface area (Å²) in [6.07, 6.45) is -3.02. The van der Waals surface area contributed by atoms with E-state index in [1.165, 1.54) is 30.2 Å². The number of carbonyl (C=O) groups excluding carboxylic acids is 1. The summed E-state index contributed by atoms with van der Waals surface area (Å²) in [7, 11) is 3.09. The van der Waals surface area contributed by atoms with E-state index in [-0.39, 0.29) is 17.3 Å². The summed E-state index contributed by atoms with van der Waals surface area (Å²) in [6.45, 7) is 0. The second kappa shape index (κ2) is 8.58. The maximum Gasteiger partial charge on any atom is 0.416 e. The number of carbonyl (C=O) groups is 1. The number of amides is 1. The van der Waals surface area contributed by atoms with Gasteiger partial charge in [0.05, 0.1) is 36.6 Å². The second-order valence-electron chi connectivity index (χ2n) is 6.69. The zero-order chi connectivity index (χ0) is 22.9. The minimum atomic E-state index is -4.43.